The highest BCUT2D eigenvalue weighted by atomic mass is 127. The fourth-order valence-electron chi connectivity index (χ4n) is 4.38. The summed E-state index contributed by atoms with van der Waals surface area (Å²) >= 11 is 6.06. The van der Waals surface area contributed by atoms with Crippen molar-refractivity contribution >= 4 is 95.7 Å². The van der Waals surface area contributed by atoms with Gasteiger partial charge in [0.15, 0.2) is 6.10 Å². The molecule has 35 heavy (non-hydrogen) atoms. The minimum absolute atomic E-state index is 0.301. The summed E-state index contributed by atoms with van der Waals surface area (Å²) in [6.45, 7) is 0. The van der Waals surface area contributed by atoms with Gasteiger partial charge in [0, 0.05) is 10.7 Å². The van der Waals surface area contributed by atoms with Gasteiger partial charge >= 0.3 is 18.1 Å². The molecular formula is C18H13F3I3NO9S. The van der Waals surface area contributed by atoms with Gasteiger partial charge in [-0.3, -0.25) is 18.9 Å². The molecule has 3 fully saturated rings. The summed E-state index contributed by atoms with van der Waals surface area (Å²) < 4.78 is 88.1. The molecule has 1 aromatic rings. The van der Waals surface area contributed by atoms with Gasteiger partial charge in [-0.1, -0.05) is 0 Å². The standard InChI is InChI=1S/C18H13F3I3NO9S/c19-18(20,21)7(3-35(29,30)31)32-16(27)8-9-13-14(34-17(9)28)11(12(8)33-13)25-15(26)5-1-4(22)2-6(23)10(5)24/h1-2,7-9,11-14H,3H2,(H,25,26)(H,29,30,31). The zero-order valence-electron chi connectivity index (χ0n) is 16.8. The third kappa shape index (κ3) is 5.39. The predicted octanol–water partition coefficient (Wildman–Crippen LogP) is 1.90. The molecule has 0 aromatic heterocycles. The van der Waals surface area contributed by atoms with Gasteiger partial charge in [-0.25, -0.2) is 0 Å². The molecule has 0 radical (unpaired) electrons. The van der Waals surface area contributed by atoms with E-state index in [1.54, 1.807) is 6.07 Å². The van der Waals surface area contributed by atoms with E-state index < -0.39 is 82.2 Å². The van der Waals surface area contributed by atoms with Gasteiger partial charge in [0.2, 0.25) is 6.10 Å². The van der Waals surface area contributed by atoms with Crippen molar-refractivity contribution in [2.75, 3.05) is 5.75 Å². The van der Waals surface area contributed by atoms with Crippen LogP contribution in [-0.4, -0.2) is 73.2 Å². The Morgan fingerprint density at radius 2 is 1.83 bits per heavy atom. The third-order valence-electron chi connectivity index (χ3n) is 5.76. The summed E-state index contributed by atoms with van der Waals surface area (Å²) in [5.74, 6) is -7.80. The second-order valence-corrected chi connectivity index (χ2v) is 13.0. The van der Waals surface area contributed by atoms with Crippen LogP contribution in [0.1, 0.15) is 10.4 Å². The Morgan fingerprint density at radius 1 is 1.17 bits per heavy atom. The van der Waals surface area contributed by atoms with Crippen LogP contribution < -0.4 is 5.32 Å². The van der Waals surface area contributed by atoms with Gasteiger partial charge in [0.1, 0.15) is 23.7 Å². The van der Waals surface area contributed by atoms with Crippen molar-refractivity contribution in [2.45, 2.75) is 36.6 Å². The summed E-state index contributed by atoms with van der Waals surface area (Å²) in [4.78, 5) is 38.2. The summed E-state index contributed by atoms with van der Waals surface area (Å²) in [6.07, 6.45) is -11.7. The molecule has 3 heterocycles. The first-order valence-electron chi connectivity index (χ1n) is 9.62. The fourth-order valence-corrected chi connectivity index (χ4v) is 7.42. The number of nitrogens with one attached hydrogen (secondary N) is 1. The number of fused-ring (bicyclic) bond motifs is 1. The third-order valence-corrected chi connectivity index (χ3v) is 10.2. The topological polar surface area (TPSA) is 145 Å². The molecule has 10 nitrogen and oxygen atoms in total. The molecule has 7 atom stereocenters. The lowest BCUT2D eigenvalue weighted by Gasteiger charge is -2.29. The van der Waals surface area contributed by atoms with Crippen molar-refractivity contribution in [1.29, 1.82) is 0 Å². The van der Waals surface area contributed by atoms with Gasteiger partial charge in [-0.05, 0) is 79.9 Å². The number of halogens is 6. The predicted molar refractivity (Wildman–Crippen MR) is 134 cm³/mol. The molecular weight excluding hydrogens is 844 g/mol. The highest BCUT2D eigenvalue weighted by Crippen LogP contribution is 2.50. The number of benzene rings is 1. The Balaban J connectivity index is 1.58. The molecule has 4 rings (SSSR count). The molecule has 3 aliphatic rings. The van der Waals surface area contributed by atoms with E-state index in [1.165, 1.54) is 0 Å². The lowest BCUT2D eigenvalue weighted by Crippen LogP contribution is -2.55. The first-order chi connectivity index (χ1) is 16.1. The number of carbonyl (C=O) groups is 3. The number of rotatable bonds is 6. The largest absolute Gasteiger partial charge is 0.457 e. The Bertz CT molecular complexity index is 1210. The second kappa shape index (κ2) is 9.66. The lowest BCUT2D eigenvalue weighted by molar-refractivity contribution is -0.219. The molecule has 3 aliphatic heterocycles. The van der Waals surface area contributed by atoms with Gasteiger partial charge < -0.3 is 19.5 Å². The van der Waals surface area contributed by atoms with Crippen LogP contribution in [0.3, 0.4) is 0 Å². The molecule has 0 spiro atoms. The zero-order valence-corrected chi connectivity index (χ0v) is 24.1. The van der Waals surface area contributed by atoms with E-state index in [-0.39, 0.29) is 0 Å². The van der Waals surface area contributed by atoms with Crippen LogP contribution in [-0.2, 0) is 33.9 Å². The summed E-state index contributed by atoms with van der Waals surface area (Å²) in [6, 6.07) is 2.40. The van der Waals surface area contributed by atoms with Crippen LogP contribution in [0, 0.1) is 22.5 Å². The average molecular weight is 857 g/mol. The number of esters is 2. The SMILES string of the molecule is O=C(NC1C2OC(=O)C3C2OC1C3C(=O)OC(CS(=O)(=O)O)C(F)(F)F)c1cc(I)cc(I)c1I. The highest BCUT2D eigenvalue weighted by molar-refractivity contribution is 14.1. The fraction of sp³-hybridized carbons (Fsp3) is 0.500. The van der Waals surface area contributed by atoms with E-state index in [9.17, 15) is 36.0 Å². The zero-order chi connectivity index (χ0) is 26.0. The van der Waals surface area contributed by atoms with Crippen molar-refractivity contribution in [1.82, 2.24) is 5.32 Å². The molecule has 1 amide bonds. The first kappa shape index (κ1) is 27.5. The normalized spacial score (nSPS) is 30.2. The molecule has 17 heteroatoms. The van der Waals surface area contributed by atoms with Crippen molar-refractivity contribution in [2.24, 2.45) is 11.8 Å². The number of hydrogen-bond acceptors (Lipinski definition) is 8. The number of ether oxygens (including phenoxy) is 3. The summed E-state index contributed by atoms with van der Waals surface area (Å²) in [7, 11) is -5.16. The monoisotopic (exact) mass is 857 g/mol. The first-order valence-corrected chi connectivity index (χ1v) is 14.5. The Morgan fingerprint density at radius 3 is 2.43 bits per heavy atom. The maximum atomic E-state index is 13.3. The van der Waals surface area contributed by atoms with E-state index in [2.05, 4.69) is 32.6 Å². The van der Waals surface area contributed by atoms with Crippen molar-refractivity contribution < 1.29 is 54.7 Å². The van der Waals surface area contributed by atoms with Gasteiger partial charge in [0.05, 0.1) is 17.7 Å². The minimum Gasteiger partial charge on any atom is -0.457 e. The van der Waals surface area contributed by atoms with Crippen molar-refractivity contribution in [3.8, 4) is 0 Å². The molecule has 1 aromatic carbocycles. The van der Waals surface area contributed by atoms with Gasteiger partial charge in [-0.2, -0.15) is 21.6 Å². The van der Waals surface area contributed by atoms with Crippen molar-refractivity contribution in [3.63, 3.8) is 0 Å². The molecule has 2 bridgehead atoms. The maximum absolute atomic E-state index is 13.3. The van der Waals surface area contributed by atoms with Gasteiger partial charge in [-0.15, -0.1) is 0 Å². The Labute approximate surface area is 236 Å². The second-order valence-electron chi connectivity index (χ2n) is 7.98. The molecule has 192 valence electrons. The van der Waals surface area contributed by atoms with E-state index in [4.69, 9.17) is 14.0 Å². The molecule has 3 saturated heterocycles. The van der Waals surface area contributed by atoms with Gasteiger partial charge in [0.25, 0.3) is 16.0 Å². The van der Waals surface area contributed by atoms with E-state index in [1.807, 2.05) is 51.2 Å². The minimum atomic E-state index is -5.31. The van der Waals surface area contributed by atoms with E-state index in [0.717, 1.165) is 7.14 Å². The van der Waals surface area contributed by atoms with Crippen LogP contribution in [0.25, 0.3) is 0 Å². The van der Waals surface area contributed by atoms with E-state index >= 15 is 0 Å². The number of carbonyl (C=O) groups excluding carboxylic acids is 3. The number of hydrogen-bond donors (Lipinski definition) is 2. The lowest BCUT2D eigenvalue weighted by atomic mass is 9.77. The van der Waals surface area contributed by atoms with Crippen LogP contribution >= 0.6 is 67.8 Å². The van der Waals surface area contributed by atoms with Crippen LogP contribution in [0.15, 0.2) is 12.1 Å². The van der Waals surface area contributed by atoms with Crippen LogP contribution in [0.2, 0.25) is 0 Å². The van der Waals surface area contributed by atoms with E-state index in [0.29, 0.717) is 9.13 Å². The Hall–Kier alpha value is -0.520. The summed E-state index contributed by atoms with van der Waals surface area (Å²) in [5, 5.41) is 2.66. The molecule has 7 unspecified atom stereocenters. The number of amides is 1. The quantitative estimate of drug-likeness (QED) is 0.190. The van der Waals surface area contributed by atoms with Crippen LogP contribution in [0.4, 0.5) is 13.2 Å². The number of alkyl halides is 3. The summed E-state index contributed by atoms with van der Waals surface area (Å²) in [5.41, 5.74) is 0.301. The highest BCUT2D eigenvalue weighted by Gasteiger charge is 2.71. The molecule has 0 saturated carbocycles. The molecule has 2 N–H and O–H groups in total. The molecule has 0 aliphatic carbocycles. The smallest absolute Gasteiger partial charge is 0.426 e. The van der Waals surface area contributed by atoms with Crippen molar-refractivity contribution in [3.05, 3.63) is 28.4 Å². The maximum Gasteiger partial charge on any atom is 0.426 e. The average Bonchev–Trinajstić information content (AvgIpc) is 3.32. The van der Waals surface area contributed by atoms with Crippen LogP contribution in [0.5, 0.6) is 0 Å². The Kier molecular flexibility index (Phi) is 7.59.